The number of rotatable bonds is 0. The number of nitrogens with one attached hydrogen (secondary N) is 1. The monoisotopic (exact) mass is 536 g/mol. The van der Waals surface area contributed by atoms with Crippen LogP contribution in [0.1, 0.15) is 60.0 Å². The summed E-state index contributed by atoms with van der Waals surface area (Å²) >= 11 is 0. The topological polar surface area (TPSA) is 95.9 Å². The van der Waals surface area contributed by atoms with E-state index in [1.165, 1.54) is 11.1 Å². The fraction of sp³-hybridized carbons (Fsp3) is 0.500. The summed E-state index contributed by atoms with van der Waals surface area (Å²) in [6.07, 6.45) is 9.22. The highest BCUT2D eigenvalue weighted by molar-refractivity contribution is 7.90. The quantitative estimate of drug-likeness (QED) is 0.495. The van der Waals surface area contributed by atoms with Crippen molar-refractivity contribution < 1.29 is 23.1 Å². The molecule has 8 heteroatoms. The Labute approximate surface area is 224 Å². The van der Waals surface area contributed by atoms with Crippen LogP contribution in [0.15, 0.2) is 54.6 Å². The lowest BCUT2D eigenvalue weighted by atomic mass is 9.68. The largest absolute Gasteiger partial charge is 0.490 e. The lowest BCUT2D eigenvalue weighted by molar-refractivity contribution is 0.0177. The van der Waals surface area contributed by atoms with Gasteiger partial charge in [-0.15, -0.1) is 0 Å². The van der Waals surface area contributed by atoms with Gasteiger partial charge in [-0.25, -0.2) is 13.1 Å². The molecule has 0 radical (unpaired) electrons. The summed E-state index contributed by atoms with van der Waals surface area (Å²) in [6, 6.07) is 13.9. The number of nitrogens with zero attached hydrogens (tertiary/aromatic N) is 1. The van der Waals surface area contributed by atoms with Crippen molar-refractivity contribution in [2.75, 3.05) is 30.3 Å². The third-order valence-corrected chi connectivity index (χ3v) is 10.3. The summed E-state index contributed by atoms with van der Waals surface area (Å²) in [5, 5.41) is 11.0. The van der Waals surface area contributed by atoms with E-state index >= 15 is 0 Å². The highest BCUT2D eigenvalue weighted by atomic mass is 32.2. The second-order valence-electron chi connectivity index (χ2n) is 11.5. The van der Waals surface area contributed by atoms with Crippen LogP contribution in [-0.4, -0.2) is 51.0 Å². The van der Waals surface area contributed by atoms with E-state index in [1.54, 1.807) is 24.3 Å². The molecule has 1 amide bonds. The van der Waals surface area contributed by atoms with Crippen LogP contribution in [0.25, 0.3) is 0 Å². The van der Waals surface area contributed by atoms with E-state index in [-0.39, 0.29) is 17.1 Å². The number of ether oxygens (including phenoxy) is 1. The van der Waals surface area contributed by atoms with Gasteiger partial charge in [0.25, 0.3) is 5.91 Å². The molecule has 0 unspecified atom stereocenters. The Balaban J connectivity index is 1.41. The number of carbonyl (C=O) groups is 1. The predicted octanol–water partition coefficient (Wildman–Crippen LogP) is 3.96. The molecule has 2 aromatic carbocycles. The Morgan fingerprint density at radius 3 is 2.82 bits per heavy atom. The SMILES string of the molecule is O=C1NS(=O)(=O)CC/C=C\C[C@H](O)[C@@H]2CC[C@H]2CN2C[C@@]3(CCCc4ccccc43)COc3ccc1cc32. The van der Waals surface area contributed by atoms with Crippen LogP contribution in [-0.2, 0) is 21.9 Å². The summed E-state index contributed by atoms with van der Waals surface area (Å²) in [5.41, 5.74) is 3.65. The molecule has 2 bridgehead atoms. The van der Waals surface area contributed by atoms with Crippen LogP contribution in [0.2, 0.25) is 0 Å². The fourth-order valence-electron chi connectivity index (χ4n) is 6.84. The molecule has 0 saturated heterocycles. The Morgan fingerprint density at radius 2 is 1.97 bits per heavy atom. The molecule has 4 atom stereocenters. The van der Waals surface area contributed by atoms with Crippen LogP contribution in [0.5, 0.6) is 5.75 Å². The van der Waals surface area contributed by atoms with Crippen molar-refractivity contribution in [2.45, 2.75) is 56.5 Å². The number of hydrogen-bond donors (Lipinski definition) is 2. The number of anilines is 1. The van der Waals surface area contributed by atoms with E-state index in [0.717, 1.165) is 50.9 Å². The van der Waals surface area contributed by atoms with E-state index in [0.29, 0.717) is 36.7 Å². The maximum absolute atomic E-state index is 13.0. The van der Waals surface area contributed by atoms with Crippen molar-refractivity contribution in [3.8, 4) is 5.75 Å². The van der Waals surface area contributed by atoms with E-state index in [2.05, 4.69) is 33.9 Å². The number of hydrogen-bond acceptors (Lipinski definition) is 6. The van der Waals surface area contributed by atoms with E-state index in [9.17, 15) is 18.3 Å². The molecule has 7 nitrogen and oxygen atoms in total. The number of aryl methyl sites for hydroxylation is 1. The number of amides is 1. The maximum Gasteiger partial charge on any atom is 0.264 e. The first-order valence-electron chi connectivity index (χ1n) is 13.8. The van der Waals surface area contributed by atoms with Crippen LogP contribution in [0.4, 0.5) is 5.69 Å². The first-order chi connectivity index (χ1) is 18.3. The summed E-state index contributed by atoms with van der Waals surface area (Å²) in [4.78, 5) is 15.4. The Kier molecular flexibility index (Phi) is 6.72. The molecule has 38 heavy (non-hydrogen) atoms. The summed E-state index contributed by atoms with van der Waals surface area (Å²) < 4.78 is 33.8. The molecule has 4 aliphatic rings. The van der Waals surface area contributed by atoms with E-state index < -0.39 is 22.0 Å². The standard InChI is InChI=1S/C30H36N2O5S/c33-27-10-2-1-5-16-38(35,36)31-29(34)22-12-14-28-26(17-22)32(18-23-11-13-24(23)27)19-30(20-37-28)15-6-8-21-7-3-4-9-25(21)30/h1-4,7,9,12,14,17,23-24,27,33H,5-6,8,10-11,13,15-16,18-20H2,(H,31,34)/b2-1-/t23-,24+,27-,30-/m0/s1. The number of aliphatic hydroxyl groups is 1. The third-order valence-electron chi connectivity index (χ3n) is 9.02. The number of allylic oxidation sites excluding steroid dienone is 1. The average Bonchev–Trinajstić information content (AvgIpc) is 3.03. The first kappa shape index (κ1) is 25.4. The minimum atomic E-state index is -3.79. The second-order valence-corrected chi connectivity index (χ2v) is 13.3. The maximum atomic E-state index is 13.0. The van der Waals surface area contributed by atoms with Crippen LogP contribution in [0.3, 0.4) is 0 Å². The van der Waals surface area contributed by atoms with Crippen molar-refractivity contribution in [1.29, 1.82) is 0 Å². The summed E-state index contributed by atoms with van der Waals surface area (Å²) in [6.45, 7) is 2.06. The third kappa shape index (κ3) is 4.84. The Bertz CT molecular complexity index is 1360. The highest BCUT2D eigenvalue weighted by Crippen LogP contribution is 2.46. The van der Waals surface area contributed by atoms with Crippen LogP contribution < -0.4 is 14.4 Å². The van der Waals surface area contributed by atoms with Gasteiger partial charge in [0, 0.05) is 24.1 Å². The number of carbonyl (C=O) groups excluding carboxylic acids is 1. The normalized spacial score (nSPS) is 31.6. The van der Waals surface area contributed by atoms with Crippen LogP contribution in [0, 0.1) is 11.8 Å². The molecule has 1 fully saturated rings. The second kappa shape index (κ2) is 10.0. The lowest BCUT2D eigenvalue weighted by Gasteiger charge is -2.45. The van der Waals surface area contributed by atoms with Gasteiger partial charge in [0.15, 0.2) is 0 Å². The van der Waals surface area contributed by atoms with Crippen molar-refractivity contribution in [3.05, 3.63) is 71.3 Å². The van der Waals surface area contributed by atoms with Crippen molar-refractivity contribution in [3.63, 3.8) is 0 Å². The molecule has 202 valence electrons. The number of fused-ring (bicyclic) bond motifs is 4. The van der Waals surface area contributed by atoms with Gasteiger partial charge >= 0.3 is 0 Å². The molecule has 2 heterocycles. The molecule has 2 N–H and O–H groups in total. The van der Waals surface area contributed by atoms with Gasteiger partial charge < -0.3 is 14.7 Å². The minimum Gasteiger partial charge on any atom is -0.490 e. The Morgan fingerprint density at radius 1 is 1.11 bits per heavy atom. The zero-order valence-corrected chi connectivity index (χ0v) is 22.5. The molecule has 2 aliphatic carbocycles. The van der Waals surface area contributed by atoms with Crippen molar-refractivity contribution in [2.24, 2.45) is 11.8 Å². The van der Waals surface area contributed by atoms with Gasteiger partial charge in [-0.05, 0) is 86.1 Å². The molecule has 0 aromatic heterocycles. The number of benzene rings is 2. The van der Waals surface area contributed by atoms with Gasteiger partial charge in [0.05, 0.1) is 24.2 Å². The molecule has 1 spiro atoms. The molecule has 6 rings (SSSR count). The van der Waals surface area contributed by atoms with Gasteiger partial charge in [0.2, 0.25) is 10.0 Å². The lowest BCUT2D eigenvalue weighted by Crippen LogP contribution is -2.49. The average molecular weight is 537 g/mol. The molecule has 2 aliphatic heterocycles. The van der Waals surface area contributed by atoms with Crippen molar-refractivity contribution in [1.82, 2.24) is 4.72 Å². The zero-order chi connectivity index (χ0) is 26.3. The molecule has 1 saturated carbocycles. The highest BCUT2D eigenvalue weighted by Gasteiger charge is 2.44. The van der Waals surface area contributed by atoms with Gasteiger partial charge in [-0.3, -0.25) is 4.79 Å². The predicted molar refractivity (Wildman–Crippen MR) is 147 cm³/mol. The summed E-state index contributed by atoms with van der Waals surface area (Å²) in [7, 11) is -3.79. The molecule has 2 aromatic rings. The number of sulfonamides is 1. The Hall–Kier alpha value is -2.84. The summed E-state index contributed by atoms with van der Waals surface area (Å²) in [5.74, 6) is 0.447. The zero-order valence-electron chi connectivity index (χ0n) is 21.6. The van der Waals surface area contributed by atoms with E-state index in [4.69, 9.17) is 4.74 Å². The number of aliphatic hydroxyl groups excluding tert-OH is 1. The van der Waals surface area contributed by atoms with Crippen LogP contribution >= 0.6 is 0 Å². The first-order valence-corrected chi connectivity index (χ1v) is 15.5. The smallest absolute Gasteiger partial charge is 0.264 e. The van der Waals surface area contributed by atoms with Gasteiger partial charge in [-0.2, -0.15) is 0 Å². The van der Waals surface area contributed by atoms with Crippen molar-refractivity contribution >= 4 is 21.6 Å². The molecular formula is C30H36N2O5S. The van der Waals surface area contributed by atoms with Gasteiger partial charge in [0.1, 0.15) is 5.75 Å². The fourth-order valence-corrected chi connectivity index (χ4v) is 7.79. The minimum absolute atomic E-state index is 0.180. The van der Waals surface area contributed by atoms with E-state index in [1.807, 2.05) is 6.08 Å². The van der Waals surface area contributed by atoms with Gasteiger partial charge in [-0.1, -0.05) is 36.4 Å². The molecular weight excluding hydrogens is 500 g/mol.